The van der Waals surface area contributed by atoms with Crippen molar-refractivity contribution in [2.75, 3.05) is 0 Å². The quantitative estimate of drug-likeness (QED) is 0.507. The van der Waals surface area contributed by atoms with Gasteiger partial charge in [-0.25, -0.2) is 8.78 Å². The van der Waals surface area contributed by atoms with Gasteiger partial charge in [0, 0.05) is 22.8 Å². The summed E-state index contributed by atoms with van der Waals surface area (Å²) in [6.07, 6.45) is 0. The van der Waals surface area contributed by atoms with Crippen molar-refractivity contribution in [3.05, 3.63) is 26.8 Å². The SMILES string of the molecule is CC1=Nc2cc(F)c(I)c(F)c2C1(C)C. The third-order valence-corrected chi connectivity index (χ3v) is 3.95. The minimum Gasteiger partial charge on any atom is -0.257 e. The summed E-state index contributed by atoms with van der Waals surface area (Å²) in [7, 11) is 0. The maximum absolute atomic E-state index is 13.9. The molecule has 1 nitrogen and oxygen atoms in total. The number of halogens is 3. The molecule has 0 saturated carbocycles. The van der Waals surface area contributed by atoms with Gasteiger partial charge in [-0.15, -0.1) is 0 Å². The number of nitrogens with zero attached hydrogens (tertiary/aromatic N) is 1. The number of aliphatic imine (C=N–C) groups is 1. The first kappa shape index (κ1) is 11.0. The summed E-state index contributed by atoms with van der Waals surface area (Å²) in [4.78, 5) is 4.20. The molecule has 80 valence electrons. The Balaban J connectivity index is 2.79. The Morgan fingerprint density at radius 2 is 1.93 bits per heavy atom. The lowest BCUT2D eigenvalue weighted by molar-refractivity contribution is 0.544. The van der Waals surface area contributed by atoms with E-state index in [-0.39, 0.29) is 3.57 Å². The van der Waals surface area contributed by atoms with Crippen LogP contribution in [-0.2, 0) is 5.41 Å². The molecule has 0 radical (unpaired) electrons. The number of hydrogen-bond donors (Lipinski definition) is 0. The minimum absolute atomic E-state index is 0.0457. The second kappa shape index (κ2) is 3.23. The average Bonchev–Trinajstić information content (AvgIpc) is 2.34. The molecule has 0 amide bonds. The van der Waals surface area contributed by atoms with Gasteiger partial charge in [0.05, 0.1) is 9.26 Å². The molecule has 0 N–H and O–H groups in total. The van der Waals surface area contributed by atoms with Crippen molar-refractivity contribution in [2.45, 2.75) is 26.2 Å². The van der Waals surface area contributed by atoms with E-state index in [2.05, 4.69) is 4.99 Å². The van der Waals surface area contributed by atoms with Gasteiger partial charge < -0.3 is 0 Å². The van der Waals surface area contributed by atoms with E-state index in [1.54, 1.807) is 22.6 Å². The third kappa shape index (κ3) is 1.41. The molecule has 0 aromatic heterocycles. The first-order valence-corrected chi connectivity index (χ1v) is 5.67. The van der Waals surface area contributed by atoms with Crippen LogP contribution in [0.2, 0.25) is 0 Å². The first-order valence-electron chi connectivity index (χ1n) is 4.59. The van der Waals surface area contributed by atoms with E-state index in [0.29, 0.717) is 11.3 Å². The highest BCUT2D eigenvalue weighted by atomic mass is 127. The average molecular weight is 321 g/mol. The van der Waals surface area contributed by atoms with Crippen molar-refractivity contribution in [2.24, 2.45) is 4.99 Å². The molecule has 1 aromatic carbocycles. The van der Waals surface area contributed by atoms with Crippen LogP contribution in [0.3, 0.4) is 0 Å². The van der Waals surface area contributed by atoms with E-state index >= 15 is 0 Å². The maximum Gasteiger partial charge on any atom is 0.145 e. The summed E-state index contributed by atoms with van der Waals surface area (Å²) >= 11 is 1.69. The number of fused-ring (bicyclic) bond motifs is 1. The van der Waals surface area contributed by atoms with E-state index in [1.165, 1.54) is 6.07 Å². The van der Waals surface area contributed by atoms with Crippen molar-refractivity contribution >= 4 is 34.0 Å². The minimum atomic E-state index is -0.541. The van der Waals surface area contributed by atoms with Gasteiger partial charge in [0.2, 0.25) is 0 Å². The molecule has 1 heterocycles. The monoisotopic (exact) mass is 321 g/mol. The van der Waals surface area contributed by atoms with Crippen LogP contribution < -0.4 is 0 Å². The van der Waals surface area contributed by atoms with Crippen LogP contribution in [0.25, 0.3) is 0 Å². The van der Waals surface area contributed by atoms with Crippen LogP contribution in [-0.4, -0.2) is 5.71 Å². The zero-order valence-electron chi connectivity index (χ0n) is 8.66. The fourth-order valence-electron chi connectivity index (χ4n) is 1.77. The van der Waals surface area contributed by atoms with Gasteiger partial charge in [-0.3, -0.25) is 4.99 Å². The Kier molecular flexibility index (Phi) is 2.37. The molecular weight excluding hydrogens is 311 g/mol. The molecular formula is C11H10F2IN. The van der Waals surface area contributed by atoms with Gasteiger partial charge in [-0.2, -0.15) is 0 Å². The van der Waals surface area contributed by atoms with Crippen LogP contribution in [0, 0.1) is 15.2 Å². The van der Waals surface area contributed by atoms with Gasteiger partial charge in [0.25, 0.3) is 0 Å². The van der Waals surface area contributed by atoms with E-state index < -0.39 is 17.0 Å². The molecule has 0 saturated heterocycles. The largest absolute Gasteiger partial charge is 0.257 e. The summed E-state index contributed by atoms with van der Waals surface area (Å²) < 4.78 is 27.3. The van der Waals surface area contributed by atoms with Crippen molar-refractivity contribution in [1.29, 1.82) is 0 Å². The molecule has 1 aliphatic rings. The molecule has 1 aromatic rings. The lowest BCUT2D eigenvalue weighted by Crippen LogP contribution is -2.24. The Hall–Kier alpha value is -0.520. The molecule has 0 atom stereocenters. The van der Waals surface area contributed by atoms with Gasteiger partial charge in [0.1, 0.15) is 11.6 Å². The molecule has 15 heavy (non-hydrogen) atoms. The van der Waals surface area contributed by atoms with Crippen molar-refractivity contribution in [3.8, 4) is 0 Å². The standard InChI is InChI=1S/C11H10F2IN/c1-5-11(2,3)8-7(15-5)4-6(12)10(14)9(8)13/h4H,1-3H3. The summed E-state index contributed by atoms with van der Waals surface area (Å²) in [5.41, 5.74) is 1.31. The van der Waals surface area contributed by atoms with Crippen LogP contribution in [0.15, 0.2) is 11.1 Å². The Morgan fingerprint density at radius 1 is 1.33 bits per heavy atom. The number of hydrogen-bond acceptors (Lipinski definition) is 1. The van der Waals surface area contributed by atoms with Crippen molar-refractivity contribution < 1.29 is 8.78 Å². The normalized spacial score (nSPS) is 17.6. The van der Waals surface area contributed by atoms with Gasteiger partial charge in [-0.05, 0) is 29.5 Å². The molecule has 0 bridgehead atoms. The van der Waals surface area contributed by atoms with Crippen LogP contribution in [0.5, 0.6) is 0 Å². The molecule has 0 fully saturated rings. The summed E-state index contributed by atoms with van der Waals surface area (Å²) in [6.45, 7) is 5.63. The summed E-state index contributed by atoms with van der Waals surface area (Å²) in [5.74, 6) is -1.02. The summed E-state index contributed by atoms with van der Waals surface area (Å²) in [6, 6.07) is 1.30. The van der Waals surface area contributed by atoms with E-state index in [1.807, 2.05) is 20.8 Å². The fraction of sp³-hybridized carbons (Fsp3) is 0.364. The van der Waals surface area contributed by atoms with Crippen LogP contribution in [0.4, 0.5) is 14.5 Å². The molecule has 0 unspecified atom stereocenters. The highest BCUT2D eigenvalue weighted by Gasteiger charge is 2.36. The molecule has 0 aliphatic carbocycles. The third-order valence-electron chi connectivity index (χ3n) is 2.96. The van der Waals surface area contributed by atoms with E-state index in [9.17, 15) is 8.78 Å². The van der Waals surface area contributed by atoms with Crippen LogP contribution >= 0.6 is 22.6 Å². The predicted octanol–water partition coefficient (Wildman–Crippen LogP) is 3.95. The predicted molar refractivity (Wildman–Crippen MR) is 64.9 cm³/mol. The molecule has 4 heteroatoms. The Morgan fingerprint density at radius 3 is 2.53 bits per heavy atom. The highest BCUT2D eigenvalue weighted by molar-refractivity contribution is 14.1. The van der Waals surface area contributed by atoms with Crippen LogP contribution in [0.1, 0.15) is 26.3 Å². The van der Waals surface area contributed by atoms with Gasteiger partial charge in [-0.1, -0.05) is 13.8 Å². The van der Waals surface area contributed by atoms with E-state index in [4.69, 9.17) is 0 Å². The molecule has 2 rings (SSSR count). The second-order valence-corrected chi connectivity index (χ2v) is 5.28. The van der Waals surface area contributed by atoms with E-state index in [0.717, 1.165) is 5.71 Å². The lowest BCUT2D eigenvalue weighted by Gasteiger charge is -2.20. The summed E-state index contributed by atoms with van der Waals surface area (Å²) in [5, 5.41) is 0. The zero-order chi connectivity index (χ0) is 11.4. The molecule has 0 spiro atoms. The molecule has 1 aliphatic heterocycles. The van der Waals surface area contributed by atoms with Crippen molar-refractivity contribution in [1.82, 2.24) is 0 Å². The van der Waals surface area contributed by atoms with Gasteiger partial charge in [0.15, 0.2) is 0 Å². The fourth-order valence-corrected chi connectivity index (χ4v) is 2.19. The van der Waals surface area contributed by atoms with Gasteiger partial charge >= 0.3 is 0 Å². The highest BCUT2D eigenvalue weighted by Crippen LogP contribution is 2.43. The topological polar surface area (TPSA) is 12.4 Å². The first-order chi connectivity index (χ1) is 6.85. The number of benzene rings is 1. The maximum atomic E-state index is 13.9. The zero-order valence-corrected chi connectivity index (χ0v) is 10.8. The Bertz CT molecular complexity index is 478. The van der Waals surface area contributed by atoms with Crippen molar-refractivity contribution in [3.63, 3.8) is 0 Å². The number of rotatable bonds is 0. The lowest BCUT2D eigenvalue weighted by atomic mass is 9.82. The smallest absolute Gasteiger partial charge is 0.145 e. The Labute approximate surface area is 101 Å². The second-order valence-electron chi connectivity index (χ2n) is 4.20.